The first-order valence-electron chi connectivity index (χ1n) is 3.72. The van der Waals surface area contributed by atoms with E-state index in [2.05, 4.69) is 5.16 Å². The van der Waals surface area contributed by atoms with Crippen LogP contribution in [0.15, 0.2) is 5.16 Å². The Bertz CT molecular complexity index is 169. The number of rotatable bonds is 0. The third-order valence-corrected chi connectivity index (χ3v) is 2.19. The summed E-state index contributed by atoms with van der Waals surface area (Å²) in [7, 11) is 0. The summed E-state index contributed by atoms with van der Waals surface area (Å²) in [6.07, 6.45) is -0.397. The van der Waals surface area contributed by atoms with Gasteiger partial charge in [-0.05, 0) is 0 Å². The lowest BCUT2D eigenvalue weighted by molar-refractivity contribution is 0.0500. The molecule has 0 aromatic carbocycles. The van der Waals surface area contributed by atoms with Crippen molar-refractivity contribution in [2.24, 2.45) is 11.1 Å². The van der Waals surface area contributed by atoms with Gasteiger partial charge in [0.1, 0.15) is 0 Å². The third-order valence-electron chi connectivity index (χ3n) is 2.19. The first kappa shape index (κ1) is 8.49. The molecule has 11 heavy (non-hydrogen) atoms. The van der Waals surface area contributed by atoms with Crippen molar-refractivity contribution in [3.63, 3.8) is 0 Å². The number of aliphatic hydroxyl groups excluding tert-OH is 2. The smallest absolute Gasteiger partial charge is 0.0650 e. The molecule has 0 spiro atoms. The van der Waals surface area contributed by atoms with Gasteiger partial charge in [-0.3, -0.25) is 0 Å². The van der Waals surface area contributed by atoms with Crippen molar-refractivity contribution in [3.8, 4) is 0 Å². The third kappa shape index (κ3) is 1.70. The summed E-state index contributed by atoms with van der Waals surface area (Å²) in [4.78, 5) is 0. The molecule has 0 heterocycles. The van der Waals surface area contributed by atoms with Gasteiger partial charge in [0.15, 0.2) is 0 Å². The molecule has 0 amide bonds. The minimum absolute atomic E-state index is 0.136. The SMILES string of the molecule is CC1C(=NO)C[C@H](O)C[C@@H]1O. The minimum atomic E-state index is -0.579. The predicted molar refractivity (Wildman–Crippen MR) is 39.6 cm³/mol. The molecule has 0 aliphatic heterocycles. The predicted octanol–water partition coefficient (Wildman–Crippen LogP) is -0.0317. The van der Waals surface area contributed by atoms with Crippen molar-refractivity contribution < 1.29 is 15.4 Å². The highest BCUT2D eigenvalue weighted by Crippen LogP contribution is 2.21. The highest BCUT2D eigenvalue weighted by molar-refractivity contribution is 5.87. The van der Waals surface area contributed by atoms with Crippen molar-refractivity contribution in [2.75, 3.05) is 0 Å². The maximum absolute atomic E-state index is 9.30. The van der Waals surface area contributed by atoms with Crippen LogP contribution in [0.1, 0.15) is 19.8 Å². The molecule has 0 bridgehead atoms. The number of oxime groups is 1. The van der Waals surface area contributed by atoms with Crippen LogP contribution in [0.4, 0.5) is 0 Å². The zero-order valence-electron chi connectivity index (χ0n) is 6.44. The molecule has 0 aromatic rings. The number of aliphatic hydroxyl groups is 2. The van der Waals surface area contributed by atoms with E-state index in [1.807, 2.05) is 0 Å². The highest BCUT2D eigenvalue weighted by atomic mass is 16.4. The fourth-order valence-corrected chi connectivity index (χ4v) is 1.35. The van der Waals surface area contributed by atoms with Gasteiger partial charge >= 0.3 is 0 Å². The van der Waals surface area contributed by atoms with Gasteiger partial charge < -0.3 is 15.4 Å². The Kier molecular flexibility index (Phi) is 2.46. The van der Waals surface area contributed by atoms with E-state index in [1.54, 1.807) is 6.92 Å². The van der Waals surface area contributed by atoms with Crippen LogP contribution in [-0.2, 0) is 0 Å². The van der Waals surface area contributed by atoms with Crippen LogP contribution in [-0.4, -0.2) is 33.3 Å². The first-order chi connectivity index (χ1) is 5.15. The van der Waals surface area contributed by atoms with Crippen molar-refractivity contribution in [1.82, 2.24) is 0 Å². The Hall–Kier alpha value is -0.610. The monoisotopic (exact) mass is 159 g/mol. The number of hydrogen-bond acceptors (Lipinski definition) is 4. The van der Waals surface area contributed by atoms with Crippen LogP contribution < -0.4 is 0 Å². The molecular weight excluding hydrogens is 146 g/mol. The molecule has 0 aromatic heterocycles. The van der Waals surface area contributed by atoms with Gasteiger partial charge in [-0.2, -0.15) is 0 Å². The average molecular weight is 159 g/mol. The number of nitrogens with zero attached hydrogens (tertiary/aromatic N) is 1. The molecule has 0 saturated heterocycles. The summed E-state index contributed by atoms with van der Waals surface area (Å²) < 4.78 is 0. The zero-order chi connectivity index (χ0) is 8.43. The minimum Gasteiger partial charge on any atom is -0.411 e. The van der Waals surface area contributed by atoms with E-state index in [4.69, 9.17) is 10.3 Å². The van der Waals surface area contributed by atoms with E-state index in [1.165, 1.54) is 0 Å². The van der Waals surface area contributed by atoms with Gasteiger partial charge in [0.05, 0.1) is 17.9 Å². The molecular formula is C7H13NO3. The molecule has 1 aliphatic carbocycles. The Balaban J connectivity index is 2.67. The van der Waals surface area contributed by atoms with Crippen LogP contribution in [0.2, 0.25) is 0 Å². The highest BCUT2D eigenvalue weighted by Gasteiger charge is 2.30. The van der Waals surface area contributed by atoms with Crippen LogP contribution in [0.3, 0.4) is 0 Å². The molecule has 0 radical (unpaired) electrons. The van der Waals surface area contributed by atoms with Crippen molar-refractivity contribution in [3.05, 3.63) is 0 Å². The Morgan fingerprint density at radius 1 is 1.45 bits per heavy atom. The fourth-order valence-electron chi connectivity index (χ4n) is 1.35. The van der Waals surface area contributed by atoms with E-state index in [9.17, 15) is 5.11 Å². The van der Waals surface area contributed by atoms with E-state index < -0.39 is 12.2 Å². The molecule has 1 unspecified atom stereocenters. The molecule has 4 heteroatoms. The summed E-state index contributed by atoms with van der Waals surface area (Å²) in [5.74, 6) is -0.136. The summed E-state index contributed by atoms with van der Waals surface area (Å²) in [6.45, 7) is 1.78. The molecule has 3 N–H and O–H groups in total. The van der Waals surface area contributed by atoms with Crippen LogP contribution in [0.25, 0.3) is 0 Å². The summed E-state index contributed by atoms with van der Waals surface area (Å²) >= 11 is 0. The molecule has 1 saturated carbocycles. The van der Waals surface area contributed by atoms with Gasteiger partial charge in [-0.15, -0.1) is 0 Å². The van der Waals surface area contributed by atoms with Gasteiger partial charge in [-0.1, -0.05) is 12.1 Å². The van der Waals surface area contributed by atoms with E-state index in [0.717, 1.165) is 0 Å². The van der Waals surface area contributed by atoms with Gasteiger partial charge in [0, 0.05) is 18.8 Å². The number of hydrogen-bond donors (Lipinski definition) is 3. The second-order valence-electron chi connectivity index (χ2n) is 3.04. The zero-order valence-corrected chi connectivity index (χ0v) is 6.44. The van der Waals surface area contributed by atoms with E-state index >= 15 is 0 Å². The molecule has 1 rings (SSSR count). The van der Waals surface area contributed by atoms with Gasteiger partial charge in [0.25, 0.3) is 0 Å². The lowest BCUT2D eigenvalue weighted by Gasteiger charge is -2.28. The Labute approximate surface area is 65.2 Å². The summed E-state index contributed by atoms with van der Waals surface area (Å²) in [5, 5.41) is 29.9. The lowest BCUT2D eigenvalue weighted by Crippen LogP contribution is -2.37. The summed E-state index contributed by atoms with van der Waals surface area (Å²) in [5.41, 5.74) is 0.483. The topological polar surface area (TPSA) is 73.1 Å². The quantitative estimate of drug-likeness (QED) is 0.343. The molecule has 1 fully saturated rings. The van der Waals surface area contributed by atoms with E-state index in [0.29, 0.717) is 18.6 Å². The molecule has 1 aliphatic rings. The standard InChI is InChI=1S/C7H13NO3/c1-4-6(8-11)2-5(9)3-7(4)10/h4-5,7,9-11H,2-3H2,1H3/t4?,5-,7-/m0/s1. The fraction of sp³-hybridized carbons (Fsp3) is 0.857. The van der Waals surface area contributed by atoms with Gasteiger partial charge in [0.2, 0.25) is 0 Å². The van der Waals surface area contributed by atoms with E-state index in [-0.39, 0.29) is 5.92 Å². The average Bonchev–Trinajstić information content (AvgIpc) is 1.96. The van der Waals surface area contributed by atoms with Crippen LogP contribution in [0, 0.1) is 5.92 Å². The Morgan fingerprint density at radius 3 is 2.64 bits per heavy atom. The van der Waals surface area contributed by atoms with Crippen molar-refractivity contribution >= 4 is 5.71 Å². The molecule has 64 valence electrons. The first-order valence-corrected chi connectivity index (χ1v) is 3.72. The second-order valence-corrected chi connectivity index (χ2v) is 3.04. The van der Waals surface area contributed by atoms with Crippen molar-refractivity contribution in [1.29, 1.82) is 0 Å². The second kappa shape index (κ2) is 3.19. The Morgan fingerprint density at radius 2 is 2.09 bits per heavy atom. The maximum atomic E-state index is 9.30. The lowest BCUT2D eigenvalue weighted by atomic mass is 9.84. The van der Waals surface area contributed by atoms with Crippen molar-refractivity contribution in [2.45, 2.75) is 32.0 Å². The normalized spacial score (nSPS) is 42.8. The van der Waals surface area contributed by atoms with Crippen LogP contribution >= 0.6 is 0 Å². The largest absolute Gasteiger partial charge is 0.411 e. The summed E-state index contributed by atoms with van der Waals surface area (Å²) in [6, 6.07) is 0. The molecule has 3 atom stereocenters. The maximum Gasteiger partial charge on any atom is 0.0650 e. The van der Waals surface area contributed by atoms with Crippen LogP contribution in [0.5, 0.6) is 0 Å². The molecule has 4 nitrogen and oxygen atoms in total. The van der Waals surface area contributed by atoms with Gasteiger partial charge in [-0.25, -0.2) is 0 Å².